The summed E-state index contributed by atoms with van der Waals surface area (Å²) < 4.78 is 0. The van der Waals surface area contributed by atoms with Crippen LogP contribution in [0.4, 0.5) is 0 Å². The quantitative estimate of drug-likeness (QED) is 0.724. The maximum atomic E-state index is 12.0. The summed E-state index contributed by atoms with van der Waals surface area (Å²) in [6, 6.07) is 0.317. The van der Waals surface area contributed by atoms with Crippen molar-refractivity contribution in [2.75, 3.05) is 32.7 Å². The second-order valence-electron chi connectivity index (χ2n) is 4.81. The van der Waals surface area contributed by atoms with Crippen molar-refractivity contribution in [3.8, 4) is 0 Å². The molecular weight excluding hydrogens is 214 g/mol. The van der Waals surface area contributed by atoms with Gasteiger partial charge in [-0.05, 0) is 39.4 Å². The Kier molecular flexibility index (Phi) is 6.52. The summed E-state index contributed by atoms with van der Waals surface area (Å²) >= 11 is 0. The number of hydrogen-bond donors (Lipinski definition) is 2. The molecule has 0 aromatic carbocycles. The van der Waals surface area contributed by atoms with E-state index in [1.807, 2.05) is 0 Å². The Morgan fingerprint density at radius 1 is 1.41 bits per heavy atom. The molecule has 0 saturated carbocycles. The molecule has 0 unspecified atom stereocenters. The summed E-state index contributed by atoms with van der Waals surface area (Å²) in [6.45, 7) is 11.3. The highest BCUT2D eigenvalue weighted by Crippen LogP contribution is 2.15. The molecule has 0 radical (unpaired) electrons. The number of rotatable bonds is 6. The van der Waals surface area contributed by atoms with E-state index in [2.05, 4.69) is 36.3 Å². The van der Waals surface area contributed by atoms with E-state index in [-0.39, 0.29) is 11.8 Å². The summed E-state index contributed by atoms with van der Waals surface area (Å²) in [5, 5.41) is 6.42. The number of hydrogen-bond acceptors (Lipinski definition) is 3. The first-order valence-electron chi connectivity index (χ1n) is 6.92. The normalized spacial score (nSPS) is 24.9. The van der Waals surface area contributed by atoms with Gasteiger partial charge in [-0.25, -0.2) is 0 Å². The molecule has 0 aromatic heterocycles. The molecule has 0 aromatic rings. The van der Waals surface area contributed by atoms with Crippen molar-refractivity contribution in [3.63, 3.8) is 0 Å². The highest BCUT2D eigenvalue weighted by atomic mass is 16.1. The smallest absolute Gasteiger partial charge is 0.224 e. The molecule has 0 bridgehead atoms. The van der Waals surface area contributed by atoms with Gasteiger partial charge in [0.05, 0.1) is 5.92 Å². The maximum Gasteiger partial charge on any atom is 0.224 e. The van der Waals surface area contributed by atoms with Crippen LogP contribution in [0.25, 0.3) is 0 Å². The lowest BCUT2D eigenvalue weighted by Gasteiger charge is -2.29. The summed E-state index contributed by atoms with van der Waals surface area (Å²) in [5.41, 5.74) is 0. The minimum absolute atomic E-state index is 0.153. The predicted octanol–water partition coefficient (Wildman–Crippen LogP) is 0.833. The number of nitrogens with one attached hydrogen (secondary N) is 2. The molecule has 1 saturated heterocycles. The van der Waals surface area contributed by atoms with Gasteiger partial charge in [0.2, 0.25) is 5.91 Å². The van der Waals surface area contributed by atoms with Crippen molar-refractivity contribution < 1.29 is 4.79 Å². The van der Waals surface area contributed by atoms with Crippen molar-refractivity contribution in [1.82, 2.24) is 15.5 Å². The zero-order valence-electron chi connectivity index (χ0n) is 11.5. The summed E-state index contributed by atoms with van der Waals surface area (Å²) in [6.07, 6.45) is 2.13. The molecule has 17 heavy (non-hydrogen) atoms. The number of amides is 1. The molecule has 1 fully saturated rings. The molecule has 100 valence electrons. The molecule has 2 atom stereocenters. The second-order valence-corrected chi connectivity index (χ2v) is 4.81. The Balaban J connectivity index is 2.24. The second kappa shape index (κ2) is 7.67. The van der Waals surface area contributed by atoms with Crippen LogP contribution in [0.2, 0.25) is 0 Å². The van der Waals surface area contributed by atoms with E-state index >= 15 is 0 Å². The van der Waals surface area contributed by atoms with Crippen LogP contribution in [-0.2, 0) is 4.79 Å². The van der Waals surface area contributed by atoms with Crippen molar-refractivity contribution in [1.29, 1.82) is 0 Å². The van der Waals surface area contributed by atoms with E-state index in [9.17, 15) is 4.79 Å². The van der Waals surface area contributed by atoms with Crippen LogP contribution in [0.15, 0.2) is 0 Å². The average Bonchev–Trinajstić information content (AvgIpc) is 2.35. The highest BCUT2D eigenvalue weighted by Gasteiger charge is 2.26. The molecular formula is C13H27N3O. The Bertz CT molecular complexity index is 229. The zero-order valence-corrected chi connectivity index (χ0v) is 11.5. The summed E-state index contributed by atoms with van der Waals surface area (Å²) in [5.74, 6) is 0.373. The molecule has 1 rings (SSSR count). The lowest BCUT2D eigenvalue weighted by Crippen LogP contribution is -2.47. The molecule has 1 aliphatic heterocycles. The Morgan fingerprint density at radius 3 is 2.71 bits per heavy atom. The van der Waals surface area contributed by atoms with Crippen LogP contribution < -0.4 is 10.6 Å². The van der Waals surface area contributed by atoms with Crippen LogP contribution in [-0.4, -0.2) is 49.6 Å². The molecule has 1 amide bonds. The molecule has 4 nitrogen and oxygen atoms in total. The van der Waals surface area contributed by atoms with Gasteiger partial charge in [0.25, 0.3) is 0 Å². The molecule has 1 aliphatic rings. The van der Waals surface area contributed by atoms with Gasteiger partial charge in [-0.1, -0.05) is 13.8 Å². The number of piperidine rings is 1. The number of likely N-dealkylation sites (N-methyl/N-ethyl adjacent to an activating group) is 1. The Hall–Kier alpha value is -0.610. The molecule has 2 N–H and O–H groups in total. The third kappa shape index (κ3) is 4.64. The fraction of sp³-hybridized carbons (Fsp3) is 0.923. The van der Waals surface area contributed by atoms with E-state index in [1.54, 1.807) is 0 Å². The maximum absolute atomic E-state index is 12.0. The standard InChI is InChI=1S/C13H27N3O/c1-4-16(5-2)10-9-15-13(17)12-7-6-8-14-11(12)3/h11-12,14H,4-10H2,1-3H3,(H,15,17)/t11-,12+/m1/s1. The number of carbonyl (C=O) groups excluding carboxylic acids is 1. The van der Waals surface area contributed by atoms with Gasteiger partial charge in [-0.15, -0.1) is 0 Å². The van der Waals surface area contributed by atoms with Crippen LogP contribution >= 0.6 is 0 Å². The molecule has 0 aliphatic carbocycles. The summed E-state index contributed by atoms with van der Waals surface area (Å²) in [7, 11) is 0. The minimum atomic E-state index is 0.153. The fourth-order valence-electron chi connectivity index (χ4n) is 2.41. The van der Waals surface area contributed by atoms with Crippen LogP contribution in [0.5, 0.6) is 0 Å². The minimum Gasteiger partial charge on any atom is -0.355 e. The van der Waals surface area contributed by atoms with Gasteiger partial charge in [-0.2, -0.15) is 0 Å². The van der Waals surface area contributed by atoms with E-state index in [0.717, 1.165) is 45.6 Å². The molecule has 1 heterocycles. The lowest BCUT2D eigenvalue weighted by molar-refractivity contribution is -0.126. The zero-order chi connectivity index (χ0) is 12.7. The largest absolute Gasteiger partial charge is 0.355 e. The van der Waals surface area contributed by atoms with Gasteiger partial charge in [-0.3, -0.25) is 4.79 Å². The van der Waals surface area contributed by atoms with Crippen molar-refractivity contribution in [2.45, 2.75) is 39.7 Å². The third-order valence-corrected chi connectivity index (χ3v) is 3.72. The third-order valence-electron chi connectivity index (χ3n) is 3.72. The van der Waals surface area contributed by atoms with Crippen LogP contribution in [0, 0.1) is 5.92 Å². The highest BCUT2D eigenvalue weighted by molar-refractivity contribution is 5.79. The topological polar surface area (TPSA) is 44.4 Å². The first-order valence-corrected chi connectivity index (χ1v) is 6.92. The Morgan fingerprint density at radius 2 is 2.12 bits per heavy atom. The van der Waals surface area contributed by atoms with Crippen molar-refractivity contribution >= 4 is 5.91 Å². The van der Waals surface area contributed by atoms with Crippen molar-refractivity contribution in [2.24, 2.45) is 5.92 Å². The lowest BCUT2D eigenvalue weighted by atomic mass is 9.91. The first-order chi connectivity index (χ1) is 8.19. The monoisotopic (exact) mass is 241 g/mol. The fourth-order valence-corrected chi connectivity index (χ4v) is 2.41. The first kappa shape index (κ1) is 14.5. The molecule has 4 heteroatoms. The Labute approximate surface area is 105 Å². The van der Waals surface area contributed by atoms with E-state index in [1.165, 1.54) is 0 Å². The predicted molar refractivity (Wildman–Crippen MR) is 71.0 cm³/mol. The van der Waals surface area contributed by atoms with Gasteiger partial charge in [0.1, 0.15) is 0 Å². The SMILES string of the molecule is CCN(CC)CCNC(=O)[C@H]1CCCN[C@@H]1C. The van der Waals surface area contributed by atoms with Crippen LogP contribution in [0.1, 0.15) is 33.6 Å². The number of nitrogens with zero attached hydrogens (tertiary/aromatic N) is 1. The van der Waals surface area contributed by atoms with E-state index in [4.69, 9.17) is 0 Å². The molecule has 0 spiro atoms. The van der Waals surface area contributed by atoms with Crippen molar-refractivity contribution in [3.05, 3.63) is 0 Å². The van der Waals surface area contributed by atoms with Gasteiger partial charge >= 0.3 is 0 Å². The van der Waals surface area contributed by atoms with E-state index < -0.39 is 0 Å². The van der Waals surface area contributed by atoms with Gasteiger partial charge in [0, 0.05) is 19.1 Å². The van der Waals surface area contributed by atoms with Crippen LogP contribution in [0.3, 0.4) is 0 Å². The average molecular weight is 241 g/mol. The van der Waals surface area contributed by atoms with Gasteiger partial charge in [0.15, 0.2) is 0 Å². The van der Waals surface area contributed by atoms with Gasteiger partial charge < -0.3 is 15.5 Å². The summed E-state index contributed by atoms with van der Waals surface area (Å²) in [4.78, 5) is 14.3. The van der Waals surface area contributed by atoms with E-state index in [0.29, 0.717) is 6.04 Å². The number of carbonyl (C=O) groups is 1.